The summed E-state index contributed by atoms with van der Waals surface area (Å²) in [6, 6.07) is 30.5. The van der Waals surface area contributed by atoms with Crippen molar-refractivity contribution in [1.82, 2.24) is 19.5 Å². The predicted molar refractivity (Wildman–Crippen MR) is 161 cm³/mol. The lowest BCUT2D eigenvalue weighted by Gasteiger charge is -2.20. The van der Waals surface area contributed by atoms with E-state index in [2.05, 4.69) is 34.6 Å². The summed E-state index contributed by atoms with van der Waals surface area (Å²) < 4.78 is 18.8. The van der Waals surface area contributed by atoms with Crippen LogP contribution in [0.4, 0.5) is 5.82 Å². The van der Waals surface area contributed by atoms with Crippen LogP contribution in [-0.4, -0.2) is 68.3 Å². The molecule has 3 heterocycles. The standard InChI is InChI=1S/C33H35N5O5/c1-41-19-26-29(39)30(40)33(43-26)38-21-35-28-31(36-27(37-32(28)38)20-42-18-22-11-5-2-6-12-22)34-17-25(23-13-7-3-8-14-23)24-15-9-4-10-16-24/h2-16,21,25-26,29-30,33,39-40H,17-20H2,1H3,(H,34,36,37). The van der Waals surface area contributed by atoms with Crippen LogP contribution in [0.3, 0.4) is 0 Å². The number of anilines is 1. The lowest BCUT2D eigenvalue weighted by molar-refractivity contribution is -0.0580. The Hall–Kier alpha value is -4.19. The topological polar surface area (TPSA) is 124 Å². The van der Waals surface area contributed by atoms with Gasteiger partial charge in [0.15, 0.2) is 29.0 Å². The van der Waals surface area contributed by atoms with Gasteiger partial charge in [0.2, 0.25) is 0 Å². The zero-order valence-corrected chi connectivity index (χ0v) is 23.9. The Morgan fingerprint density at radius 1 is 0.860 bits per heavy atom. The van der Waals surface area contributed by atoms with Crippen molar-refractivity contribution >= 4 is 17.0 Å². The number of fused-ring (bicyclic) bond motifs is 1. The van der Waals surface area contributed by atoms with Crippen molar-refractivity contribution in [2.75, 3.05) is 25.6 Å². The molecule has 0 amide bonds. The molecule has 3 N–H and O–H groups in total. The average molecular weight is 582 g/mol. The van der Waals surface area contributed by atoms with Gasteiger partial charge in [0.05, 0.1) is 19.5 Å². The Kier molecular flexibility index (Phi) is 9.01. The summed E-state index contributed by atoms with van der Waals surface area (Å²) in [7, 11) is 1.52. The summed E-state index contributed by atoms with van der Waals surface area (Å²) in [4.78, 5) is 14.2. The van der Waals surface area contributed by atoms with Crippen molar-refractivity contribution in [3.8, 4) is 0 Å². The minimum Gasteiger partial charge on any atom is -0.387 e. The maximum Gasteiger partial charge on any atom is 0.168 e. The number of nitrogens with zero attached hydrogens (tertiary/aromatic N) is 4. The second-order valence-electron chi connectivity index (χ2n) is 10.5. The van der Waals surface area contributed by atoms with E-state index >= 15 is 0 Å². The monoisotopic (exact) mass is 581 g/mol. The van der Waals surface area contributed by atoms with Crippen LogP contribution < -0.4 is 5.32 Å². The van der Waals surface area contributed by atoms with Crippen LogP contribution in [-0.2, 0) is 27.4 Å². The molecule has 0 radical (unpaired) electrons. The first-order chi connectivity index (χ1) is 21.1. The minimum atomic E-state index is -1.19. The number of hydrogen-bond donors (Lipinski definition) is 3. The first-order valence-corrected chi connectivity index (χ1v) is 14.3. The second-order valence-corrected chi connectivity index (χ2v) is 10.5. The summed E-state index contributed by atoms with van der Waals surface area (Å²) >= 11 is 0. The smallest absolute Gasteiger partial charge is 0.168 e. The maximum absolute atomic E-state index is 10.9. The summed E-state index contributed by atoms with van der Waals surface area (Å²) in [5, 5.41) is 25.0. The zero-order valence-electron chi connectivity index (χ0n) is 23.9. The molecular weight excluding hydrogens is 546 g/mol. The third kappa shape index (κ3) is 6.43. The Morgan fingerprint density at radius 2 is 1.51 bits per heavy atom. The van der Waals surface area contributed by atoms with Crippen molar-refractivity contribution < 1.29 is 24.4 Å². The number of methoxy groups -OCH3 is 1. The van der Waals surface area contributed by atoms with Gasteiger partial charge in [-0.2, -0.15) is 0 Å². The number of rotatable bonds is 12. The van der Waals surface area contributed by atoms with Crippen LogP contribution in [0.15, 0.2) is 97.3 Å². The van der Waals surface area contributed by atoms with Crippen molar-refractivity contribution in [2.45, 2.75) is 43.7 Å². The molecular formula is C33H35N5O5. The highest BCUT2D eigenvalue weighted by Gasteiger charge is 2.44. The van der Waals surface area contributed by atoms with E-state index in [9.17, 15) is 10.2 Å². The summed E-state index contributed by atoms with van der Waals surface area (Å²) in [6.07, 6.45) is -2.34. The number of ether oxygens (including phenoxy) is 3. The fraction of sp³-hybridized carbons (Fsp3) is 0.303. The van der Waals surface area contributed by atoms with Gasteiger partial charge in [-0.15, -0.1) is 0 Å². The highest BCUT2D eigenvalue weighted by molar-refractivity contribution is 5.83. The molecule has 10 heteroatoms. The van der Waals surface area contributed by atoms with Crippen LogP contribution in [0.2, 0.25) is 0 Å². The van der Waals surface area contributed by atoms with Crippen LogP contribution in [0.5, 0.6) is 0 Å². The van der Waals surface area contributed by atoms with Gasteiger partial charge < -0.3 is 29.7 Å². The van der Waals surface area contributed by atoms with Crippen LogP contribution in [0.25, 0.3) is 11.2 Å². The summed E-state index contributed by atoms with van der Waals surface area (Å²) in [5.41, 5.74) is 4.36. The maximum atomic E-state index is 10.9. The van der Waals surface area contributed by atoms with Gasteiger partial charge in [0, 0.05) is 19.6 Å². The summed E-state index contributed by atoms with van der Waals surface area (Å²) in [5.74, 6) is 1.04. The minimum absolute atomic E-state index is 0.0530. The van der Waals surface area contributed by atoms with Gasteiger partial charge in [0.25, 0.3) is 0 Å². The van der Waals surface area contributed by atoms with E-state index < -0.39 is 24.5 Å². The molecule has 5 aromatic rings. The normalized spacial score (nSPS) is 20.2. The number of nitrogens with one attached hydrogen (secondary N) is 1. The highest BCUT2D eigenvalue weighted by Crippen LogP contribution is 2.33. The molecule has 0 aliphatic carbocycles. The molecule has 4 unspecified atom stereocenters. The molecule has 0 saturated carbocycles. The molecule has 43 heavy (non-hydrogen) atoms. The first-order valence-electron chi connectivity index (χ1n) is 14.3. The molecule has 1 saturated heterocycles. The highest BCUT2D eigenvalue weighted by atomic mass is 16.6. The van der Waals surface area contributed by atoms with E-state index in [1.54, 1.807) is 10.9 Å². The number of aliphatic hydroxyl groups is 2. The number of aliphatic hydroxyl groups excluding tert-OH is 2. The fourth-order valence-electron chi connectivity index (χ4n) is 5.43. The Labute approximate surface area is 249 Å². The predicted octanol–water partition coefficient (Wildman–Crippen LogP) is 4.05. The number of hydrogen-bond acceptors (Lipinski definition) is 9. The average Bonchev–Trinajstić information content (AvgIpc) is 3.59. The first kappa shape index (κ1) is 28.9. The van der Waals surface area contributed by atoms with Gasteiger partial charge in [-0.05, 0) is 16.7 Å². The third-order valence-electron chi connectivity index (χ3n) is 7.63. The van der Waals surface area contributed by atoms with E-state index in [0.717, 1.165) is 5.56 Å². The molecule has 0 bridgehead atoms. The Balaban J connectivity index is 1.32. The van der Waals surface area contributed by atoms with Crippen molar-refractivity contribution in [1.29, 1.82) is 0 Å². The molecule has 1 fully saturated rings. The number of aromatic nitrogens is 4. The Morgan fingerprint density at radius 3 is 2.16 bits per heavy atom. The molecule has 4 atom stereocenters. The SMILES string of the molecule is COCC1OC(n2cnc3c(NCC(c4ccccc4)c4ccccc4)nc(COCc4ccccc4)nc32)C(O)C1O. The van der Waals surface area contributed by atoms with E-state index in [1.807, 2.05) is 66.7 Å². The van der Waals surface area contributed by atoms with E-state index in [4.69, 9.17) is 24.2 Å². The van der Waals surface area contributed by atoms with Crippen LogP contribution in [0.1, 0.15) is 34.7 Å². The number of benzene rings is 3. The van der Waals surface area contributed by atoms with Crippen molar-refractivity contribution in [2.24, 2.45) is 0 Å². The quantitative estimate of drug-likeness (QED) is 0.200. The van der Waals surface area contributed by atoms with Gasteiger partial charge in [-0.3, -0.25) is 4.57 Å². The van der Waals surface area contributed by atoms with Gasteiger partial charge >= 0.3 is 0 Å². The molecule has 1 aliphatic rings. The lowest BCUT2D eigenvalue weighted by Crippen LogP contribution is -2.33. The van der Waals surface area contributed by atoms with Crippen molar-refractivity contribution in [3.63, 3.8) is 0 Å². The van der Waals surface area contributed by atoms with Gasteiger partial charge in [-0.1, -0.05) is 91.0 Å². The molecule has 1 aliphatic heterocycles. The number of imidazole rings is 1. The molecule has 3 aromatic carbocycles. The van der Waals surface area contributed by atoms with Gasteiger partial charge in [0.1, 0.15) is 24.9 Å². The zero-order chi connectivity index (χ0) is 29.6. The van der Waals surface area contributed by atoms with E-state index in [-0.39, 0.29) is 19.1 Å². The van der Waals surface area contributed by atoms with Crippen LogP contribution >= 0.6 is 0 Å². The van der Waals surface area contributed by atoms with Crippen LogP contribution in [0, 0.1) is 0 Å². The molecule has 0 spiro atoms. The molecule has 6 rings (SSSR count). The molecule has 10 nitrogen and oxygen atoms in total. The second kappa shape index (κ2) is 13.4. The molecule has 2 aromatic heterocycles. The van der Waals surface area contributed by atoms with E-state index in [0.29, 0.717) is 36.0 Å². The largest absolute Gasteiger partial charge is 0.387 e. The fourth-order valence-corrected chi connectivity index (χ4v) is 5.43. The van der Waals surface area contributed by atoms with Gasteiger partial charge in [-0.25, -0.2) is 15.0 Å². The lowest BCUT2D eigenvalue weighted by atomic mass is 9.91. The van der Waals surface area contributed by atoms with E-state index in [1.165, 1.54) is 18.2 Å². The summed E-state index contributed by atoms with van der Waals surface area (Å²) in [6.45, 7) is 1.26. The van der Waals surface area contributed by atoms with Crippen molar-refractivity contribution in [3.05, 3.63) is 120 Å². The third-order valence-corrected chi connectivity index (χ3v) is 7.63. The Bertz CT molecular complexity index is 1560. The molecule has 222 valence electrons.